The van der Waals surface area contributed by atoms with E-state index in [-0.39, 0.29) is 25.1 Å². The van der Waals surface area contributed by atoms with Gasteiger partial charge < -0.3 is 14.7 Å². The molecule has 0 spiro atoms. The molecular weight excluding hydrogens is 265 g/mol. The normalized spacial score (nSPS) is 11.8. The van der Waals surface area contributed by atoms with Gasteiger partial charge in [0.25, 0.3) is 5.91 Å². The molecule has 1 rings (SSSR count). The zero-order valence-electron chi connectivity index (χ0n) is 11.5. The number of ether oxygens (including phenoxy) is 1. The number of halogens is 1. The maximum absolute atomic E-state index is 13.1. The van der Waals surface area contributed by atoms with Crippen molar-refractivity contribution in [3.8, 4) is 0 Å². The summed E-state index contributed by atoms with van der Waals surface area (Å²) in [6, 6.07) is 5.28. The second-order valence-corrected chi connectivity index (χ2v) is 4.44. The van der Waals surface area contributed by atoms with Crippen molar-refractivity contribution in [3.63, 3.8) is 0 Å². The Hall–Kier alpha value is -1.95. The van der Waals surface area contributed by atoms with Crippen LogP contribution in [0.2, 0.25) is 0 Å². The van der Waals surface area contributed by atoms with Crippen LogP contribution < -0.4 is 0 Å². The summed E-state index contributed by atoms with van der Waals surface area (Å²) in [4.78, 5) is 24.7. The number of amides is 1. The van der Waals surface area contributed by atoms with Crippen LogP contribution in [-0.4, -0.2) is 48.2 Å². The average Bonchev–Trinajstić information content (AvgIpc) is 2.41. The highest BCUT2D eigenvalue weighted by molar-refractivity contribution is 5.94. The molecule has 1 aromatic carbocycles. The van der Waals surface area contributed by atoms with E-state index in [1.165, 1.54) is 37.1 Å². The summed E-state index contributed by atoms with van der Waals surface area (Å²) in [5, 5.41) is 9.41. The zero-order chi connectivity index (χ0) is 15.1. The van der Waals surface area contributed by atoms with Gasteiger partial charge in [-0.2, -0.15) is 0 Å². The molecule has 0 saturated carbocycles. The summed E-state index contributed by atoms with van der Waals surface area (Å²) < 4.78 is 17.6. The standard InChI is InChI=1S/C14H18FNO4/c1-10(17)9-16(7-6-13(18)20-2)14(19)11-4-3-5-12(15)8-11/h3-5,8,10,17H,6-7,9H2,1-2H3. The van der Waals surface area contributed by atoms with Crippen LogP contribution in [0.1, 0.15) is 23.7 Å². The number of hydrogen-bond donors (Lipinski definition) is 1. The van der Waals surface area contributed by atoms with Crippen LogP contribution in [0.15, 0.2) is 24.3 Å². The second kappa shape index (κ2) is 7.59. The predicted octanol–water partition coefficient (Wildman–Crippen LogP) is 1.21. The van der Waals surface area contributed by atoms with E-state index in [4.69, 9.17) is 0 Å². The lowest BCUT2D eigenvalue weighted by Crippen LogP contribution is -2.38. The van der Waals surface area contributed by atoms with E-state index >= 15 is 0 Å². The van der Waals surface area contributed by atoms with Gasteiger partial charge in [-0.25, -0.2) is 4.39 Å². The van der Waals surface area contributed by atoms with Crippen molar-refractivity contribution >= 4 is 11.9 Å². The average molecular weight is 283 g/mol. The Morgan fingerprint density at radius 3 is 2.70 bits per heavy atom. The topological polar surface area (TPSA) is 66.8 Å². The summed E-state index contributed by atoms with van der Waals surface area (Å²) in [5.41, 5.74) is 0.176. The van der Waals surface area contributed by atoms with Crippen molar-refractivity contribution in [2.75, 3.05) is 20.2 Å². The summed E-state index contributed by atoms with van der Waals surface area (Å²) >= 11 is 0. The summed E-state index contributed by atoms with van der Waals surface area (Å²) in [5.74, 6) is -1.40. The van der Waals surface area contributed by atoms with Gasteiger partial charge in [-0.3, -0.25) is 9.59 Å². The van der Waals surface area contributed by atoms with E-state index in [1.807, 2.05) is 0 Å². The molecular formula is C14H18FNO4. The lowest BCUT2D eigenvalue weighted by atomic mass is 10.1. The number of benzene rings is 1. The molecule has 20 heavy (non-hydrogen) atoms. The molecule has 0 fully saturated rings. The monoisotopic (exact) mass is 283 g/mol. The minimum Gasteiger partial charge on any atom is -0.469 e. The van der Waals surface area contributed by atoms with Crippen molar-refractivity contribution in [2.24, 2.45) is 0 Å². The number of esters is 1. The van der Waals surface area contributed by atoms with Gasteiger partial charge >= 0.3 is 5.97 Å². The van der Waals surface area contributed by atoms with Crippen molar-refractivity contribution < 1.29 is 23.8 Å². The highest BCUT2D eigenvalue weighted by Gasteiger charge is 2.19. The third kappa shape index (κ3) is 4.97. The number of aliphatic hydroxyl groups excluding tert-OH is 1. The second-order valence-electron chi connectivity index (χ2n) is 4.44. The highest BCUT2D eigenvalue weighted by atomic mass is 19.1. The Labute approximate surface area is 117 Å². The molecule has 0 bridgehead atoms. The largest absolute Gasteiger partial charge is 0.469 e. The fourth-order valence-corrected chi connectivity index (χ4v) is 1.73. The molecule has 1 unspecified atom stereocenters. The van der Waals surface area contributed by atoms with Gasteiger partial charge in [0.15, 0.2) is 0 Å². The number of nitrogens with zero attached hydrogens (tertiary/aromatic N) is 1. The Kier molecular flexibility index (Phi) is 6.11. The maximum atomic E-state index is 13.1. The number of hydrogen-bond acceptors (Lipinski definition) is 4. The molecule has 1 N–H and O–H groups in total. The first kappa shape index (κ1) is 16.1. The minimum absolute atomic E-state index is 0.0181. The smallest absolute Gasteiger partial charge is 0.307 e. The van der Waals surface area contributed by atoms with E-state index in [0.717, 1.165) is 6.07 Å². The predicted molar refractivity (Wildman–Crippen MR) is 70.6 cm³/mol. The van der Waals surface area contributed by atoms with Gasteiger partial charge in [0.2, 0.25) is 0 Å². The first-order valence-corrected chi connectivity index (χ1v) is 6.23. The quantitative estimate of drug-likeness (QED) is 0.797. The van der Waals surface area contributed by atoms with Gasteiger partial charge in [-0.05, 0) is 25.1 Å². The lowest BCUT2D eigenvalue weighted by molar-refractivity contribution is -0.140. The van der Waals surface area contributed by atoms with Gasteiger partial charge in [-0.1, -0.05) is 6.07 Å². The van der Waals surface area contributed by atoms with E-state index < -0.39 is 23.8 Å². The Balaban J connectivity index is 2.81. The summed E-state index contributed by atoms with van der Waals surface area (Å²) in [7, 11) is 1.26. The van der Waals surface area contributed by atoms with Gasteiger partial charge in [-0.15, -0.1) is 0 Å². The fourth-order valence-electron chi connectivity index (χ4n) is 1.73. The molecule has 0 aliphatic carbocycles. The van der Waals surface area contributed by atoms with Crippen LogP contribution in [0.25, 0.3) is 0 Å². The van der Waals surface area contributed by atoms with Crippen LogP contribution >= 0.6 is 0 Å². The molecule has 0 aliphatic heterocycles. The Bertz CT molecular complexity index is 476. The van der Waals surface area contributed by atoms with Gasteiger partial charge in [0.05, 0.1) is 19.6 Å². The molecule has 6 heteroatoms. The number of carbonyl (C=O) groups is 2. The maximum Gasteiger partial charge on any atom is 0.307 e. The van der Waals surface area contributed by atoms with Crippen LogP contribution in [0.5, 0.6) is 0 Å². The van der Waals surface area contributed by atoms with Gasteiger partial charge in [0.1, 0.15) is 5.82 Å². The van der Waals surface area contributed by atoms with Crippen molar-refractivity contribution in [1.29, 1.82) is 0 Å². The molecule has 1 aromatic rings. The van der Waals surface area contributed by atoms with E-state index in [1.54, 1.807) is 0 Å². The lowest BCUT2D eigenvalue weighted by Gasteiger charge is -2.23. The van der Waals surface area contributed by atoms with Crippen molar-refractivity contribution in [2.45, 2.75) is 19.4 Å². The van der Waals surface area contributed by atoms with E-state index in [0.29, 0.717) is 0 Å². The molecule has 0 saturated heterocycles. The SMILES string of the molecule is COC(=O)CCN(CC(C)O)C(=O)c1cccc(F)c1. The number of methoxy groups -OCH3 is 1. The third-order valence-corrected chi connectivity index (χ3v) is 2.66. The Morgan fingerprint density at radius 1 is 1.45 bits per heavy atom. The first-order chi connectivity index (χ1) is 9.43. The summed E-state index contributed by atoms with van der Waals surface area (Å²) in [6.45, 7) is 1.70. The van der Waals surface area contributed by atoms with Crippen LogP contribution in [-0.2, 0) is 9.53 Å². The van der Waals surface area contributed by atoms with Crippen molar-refractivity contribution in [3.05, 3.63) is 35.6 Å². The molecule has 5 nitrogen and oxygen atoms in total. The van der Waals surface area contributed by atoms with Crippen LogP contribution in [0.4, 0.5) is 4.39 Å². The number of rotatable bonds is 6. The van der Waals surface area contributed by atoms with E-state index in [2.05, 4.69) is 4.74 Å². The van der Waals surface area contributed by atoms with E-state index in [9.17, 15) is 19.1 Å². The Morgan fingerprint density at radius 2 is 2.15 bits per heavy atom. The molecule has 0 heterocycles. The first-order valence-electron chi connectivity index (χ1n) is 6.23. The molecule has 1 atom stereocenters. The number of aliphatic hydroxyl groups is 1. The van der Waals surface area contributed by atoms with Crippen molar-refractivity contribution in [1.82, 2.24) is 4.90 Å². The third-order valence-electron chi connectivity index (χ3n) is 2.66. The molecule has 1 amide bonds. The zero-order valence-corrected chi connectivity index (χ0v) is 11.5. The minimum atomic E-state index is -0.745. The molecule has 0 aromatic heterocycles. The van der Waals surface area contributed by atoms with Gasteiger partial charge in [0, 0.05) is 18.7 Å². The highest BCUT2D eigenvalue weighted by Crippen LogP contribution is 2.09. The summed E-state index contributed by atoms with van der Waals surface area (Å²) in [6.07, 6.45) is -0.727. The van der Waals surface area contributed by atoms with Crippen LogP contribution in [0.3, 0.4) is 0 Å². The fraction of sp³-hybridized carbons (Fsp3) is 0.429. The van der Waals surface area contributed by atoms with Crippen LogP contribution in [0, 0.1) is 5.82 Å². The molecule has 0 aliphatic rings. The number of carbonyl (C=O) groups excluding carboxylic acids is 2. The molecule has 110 valence electrons. The molecule has 0 radical (unpaired) electrons.